The van der Waals surface area contributed by atoms with Crippen molar-refractivity contribution in [3.8, 4) is 0 Å². The Balaban J connectivity index is 0.00000162. The average Bonchev–Trinajstić information content (AvgIpc) is 3.11. The van der Waals surface area contributed by atoms with Crippen LogP contribution in [0.4, 0.5) is 5.69 Å². The van der Waals surface area contributed by atoms with Gasteiger partial charge in [0, 0.05) is 6.07 Å². The lowest BCUT2D eigenvalue weighted by Gasteiger charge is -2.18. The third-order valence-electron chi connectivity index (χ3n) is 3.02. The molecule has 0 spiro atoms. The van der Waals surface area contributed by atoms with Gasteiger partial charge in [0.2, 0.25) is 0 Å². The van der Waals surface area contributed by atoms with Crippen molar-refractivity contribution in [3.05, 3.63) is 38.9 Å². The fraction of sp³-hybridized carbons (Fsp3) is 0.455. The van der Waals surface area contributed by atoms with Crippen LogP contribution in [0.25, 0.3) is 0 Å². The Bertz CT molecular complexity index is 452. The Hall–Kier alpha value is -0.880. The van der Waals surface area contributed by atoms with Crippen molar-refractivity contribution in [1.82, 2.24) is 0 Å². The maximum atomic E-state index is 10.7. The largest absolute Gasteiger partial charge is 0.391 e. The number of hydrogen-bond acceptors (Lipinski definition) is 4. The molecule has 7 heteroatoms. The summed E-state index contributed by atoms with van der Waals surface area (Å²) in [4.78, 5) is 10.2. The third-order valence-corrected chi connectivity index (χ3v) is 3.34. The lowest BCUT2D eigenvalue weighted by molar-refractivity contribution is -0.384. The summed E-state index contributed by atoms with van der Waals surface area (Å²) in [5.74, 6) is 0.222. The first kappa shape index (κ1) is 15.2. The van der Waals surface area contributed by atoms with Crippen LogP contribution < -0.4 is 5.73 Å². The molecular weight excluding hydrogens is 279 g/mol. The quantitative estimate of drug-likeness (QED) is 0.659. The molecule has 0 unspecified atom stereocenters. The molecule has 0 saturated heterocycles. The second-order valence-corrected chi connectivity index (χ2v) is 4.73. The van der Waals surface area contributed by atoms with Gasteiger partial charge in [0.05, 0.1) is 17.1 Å². The first-order valence-corrected chi connectivity index (χ1v) is 5.76. The molecule has 0 aromatic heterocycles. The molecule has 1 saturated carbocycles. The summed E-state index contributed by atoms with van der Waals surface area (Å²) in [6.07, 6.45) is 1.28. The average molecular weight is 293 g/mol. The van der Waals surface area contributed by atoms with Crippen molar-refractivity contribution in [2.24, 2.45) is 11.7 Å². The summed E-state index contributed by atoms with van der Waals surface area (Å²) >= 11 is 5.71. The highest BCUT2D eigenvalue weighted by Crippen LogP contribution is 2.38. The van der Waals surface area contributed by atoms with Crippen molar-refractivity contribution in [1.29, 1.82) is 0 Å². The van der Waals surface area contributed by atoms with E-state index in [9.17, 15) is 15.2 Å². The van der Waals surface area contributed by atoms with Gasteiger partial charge < -0.3 is 10.8 Å². The zero-order valence-corrected chi connectivity index (χ0v) is 11.0. The summed E-state index contributed by atoms with van der Waals surface area (Å²) in [6.45, 7) is 0. The predicted octanol–water partition coefficient (Wildman–Crippen LogP) is 2.44. The van der Waals surface area contributed by atoms with Gasteiger partial charge >= 0.3 is 0 Å². The number of hydrogen-bond donors (Lipinski definition) is 2. The van der Waals surface area contributed by atoms with E-state index in [0.29, 0.717) is 5.56 Å². The van der Waals surface area contributed by atoms with Crippen LogP contribution in [-0.4, -0.2) is 16.1 Å². The van der Waals surface area contributed by atoms with Crippen LogP contribution in [0.3, 0.4) is 0 Å². The number of nitrogens with zero attached hydrogens (tertiary/aromatic N) is 1. The molecule has 1 aliphatic carbocycles. The minimum atomic E-state index is -0.643. The van der Waals surface area contributed by atoms with Crippen LogP contribution in [0.1, 0.15) is 24.4 Å². The molecule has 2 atom stereocenters. The molecule has 100 valence electrons. The first-order valence-electron chi connectivity index (χ1n) is 5.38. The van der Waals surface area contributed by atoms with E-state index in [0.717, 1.165) is 12.8 Å². The van der Waals surface area contributed by atoms with E-state index >= 15 is 0 Å². The Kier molecular flexibility index (Phi) is 4.92. The monoisotopic (exact) mass is 292 g/mol. The highest BCUT2D eigenvalue weighted by molar-refractivity contribution is 6.32. The molecule has 2 rings (SSSR count). The smallest absolute Gasteiger partial charge is 0.288 e. The van der Waals surface area contributed by atoms with Crippen molar-refractivity contribution < 1.29 is 10.0 Å². The van der Waals surface area contributed by atoms with Crippen LogP contribution in [0.15, 0.2) is 18.2 Å². The SMILES string of the molecule is Cl.N[C@@H](c1ccc(Cl)c([N+](=O)[O-])c1)[C@H](O)C1CC1. The zero-order chi connectivity index (χ0) is 12.6. The minimum Gasteiger partial charge on any atom is -0.391 e. The van der Waals surface area contributed by atoms with Gasteiger partial charge in [-0.05, 0) is 30.4 Å². The zero-order valence-electron chi connectivity index (χ0n) is 9.45. The molecule has 0 bridgehead atoms. The topological polar surface area (TPSA) is 89.4 Å². The summed E-state index contributed by atoms with van der Waals surface area (Å²) in [7, 11) is 0. The van der Waals surface area contributed by atoms with Gasteiger partial charge in [0.1, 0.15) is 5.02 Å². The molecule has 0 amide bonds. The molecule has 1 fully saturated rings. The van der Waals surface area contributed by atoms with Gasteiger partial charge in [-0.3, -0.25) is 10.1 Å². The van der Waals surface area contributed by atoms with E-state index < -0.39 is 17.1 Å². The van der Waals surface area contributed by atoms with Gasteiger partial charge in [0.25, 0.3) is 5.69 Å². The van der Waals surface area contributed by atoms with Crippen LogP contribution in [-0.2, 0) is 0 Å². The molecule has 1 aliphatic rings. The fourth-order valence-electron chi connectivity index (χ4n) is 1.81. The normalized spacial score (nSPS) is 17.7. The maximum Gasteiger partial charge on any atom is 0.288 e. The molecule has 0 heterocycles. The molecule has 18 heavy (non-hydrogen) atoms. The van der Waals surface area contributed by atoms with E-state index in [1.54, 1.807) is 6.07 Å². The highest BCUT2D eigenvalue weighted by atomic mass is 35.5. The number of nitro benzene ring substituents is 1. The first-order chi connectivity index (χ1) is 8.00. The molecule has 0 radical (unpaired) electrons. The number of aliphatic hydroxyl groups is 1. The van der Waals surface area contributed by atoms with E-state index in [1.807, 2.05) is 0 Å². The number of benzene rings is 1. The second kappa shape index (κ2) is 5.84. The summed E-state index contributed by atoms with van der Waals surface area (Å²) in [6, 6.07) is 3.79. The molecule has 0 aliphatic heterocycles. The van der Waals surface area contributed by atoms with Crippen LogP contribution >= 0.6 is 24.0 Å². The fourth-order valence-corrected chi connectivity index (χ4v) is 1.99. The van der Waals surface area contributed by atoms with Crippen molar-refractivity contribution in [2.45, 2.75) is 25.0 Å². The number of aliphatic hydroxyl groups excluding tert-OH is 1. The Morgan fingerprint density at radius 1 is 1.50 bits per heavy atom. The number of nitrogens with two attached hydrogens (primary N) is 1. The van der Waals surface area contributed by atoms with Crippen LogP contribution in [0.5, 0.6) is 0 Å². The second-order valence-electron chi connectivity index (χ2n) is 4.32. The van der Waals surface area contributed by atoms with E-state index in [4.69, 9.17) is 17.3 Å². The summed E-state index contributed by atoms with van der Waals surface area (Å²) in [5, 5.41) is 20.7. The van der Waals surface area contributed by atoms with Crippen molar-refractivity contribution >= 4 is 29.7 Å². The number of nitro groups is 1. The van der Waals surface area contributed by atoms with Crippen molar-refractivity contribution in [3.63, 3.8) is 0 Å². The lowest BCUT2D eigenvalue weighted by atomic mass is 9.99. The van der Waals surface area contributed by atoms with Gasteiger partial charge in [0.15, 0.2) is 0 Å². The van der Waals surface area contributed by atoms with Crippen LogP contribution in [0.2, 0.25) is 5.02 Å². The molecule has 1 aromatic carbocycles. The van der Waals surface area contributed by atoms with Gasteiger partial charge in [-0.15, -0.1) is 12.4 Å². The van der Waals surface area contributed by atoms with E-state index in [2.05, 4.69) is 0 Å². The van der Waals surface area contributed by atoms with Gasteiger partial charge in [-0.2, -0.15) is 0 Å². The van der Waals surface area contributed by atoms with Crippen molar-refractivity contribution in [2.75, 3.05) is 0 Å². The Morgan fingerprint density at radius 3 is 2.61 bits per heavy atom. The van der Waals surface area contributed by atoms with E-state index in [1.165, 1.54) is 12.1 Å². The molecule has 1 aromatic rings. The van der Waals surface area contributed by atoms with Gasteiger partial charge in [-0.1, -0.05) is 17.7 Å². The van der Waals surface area contributed by atoms with Crippen LogP contribution in [0, 0.1) is 16.0 Å². The van der Waals surface area contributed by atoms with Gasteiger partial charge in [-0.25, -0.2) is 0 Å². The molecular formula is C11H14Cl2N2O3. The molecule has 3 N–H and O–H groups in total. The maximum absolute atomic E-state index is 10.7. The minimum absolute atomic E-state index is 0. The predicted molar refractivity (Wildman–Crippen MR) is 71.0 cm³/mol. The summed E-state index contributed by atoms with van der Waals surface area (Å²) in [5.41, 5.74) is 6.25. The Labute approximate surface area is 115 Å². The molecule has 5 nitrogen and oxygen atoms in total. The standard InChI is InChI=1S/C11H13ClN2O3.ClH/c12-8-4-3-7(5-9(8)14(16)17)10(13)11(15)6-1-2-6;/h3-6,10-11,15H,1-2,13H2;1H/t10-,11+;/m0./s1. The number of rotatable bonds is 4. The highest BCUT2D eigenvalue weighted by Gasteiger charge is 2.34. The number of halogens is 2. The Morgan fingerprint density at radius 2 is 2.11 bits per heavy atom. The third kappa shape index (κ3) is 3.11. The lowest BCUT2D eigenvalue weighted by Crippen LogP contribution is -2.27. The summed E-state index contributed by atoms with van der Waals surface area (Å²) < 4.78 is 0. The van der Waals surface area contributed by atoms with E-state index in [-0.39, 0.29) is 29.0 Å².